The topological polar surface area (TPSA) is 102 Å². The average Bonchev–Trinajstić information content (AvgIpc) is 1.70. The average molecular weight is 240 g/mol. The molecule has 0 aromatic carbocycles. The molecule has 0 atom stereocenters. The normalized spacial score (nSPS) is 2.67. The molecule has 6 nitrogen and oxygen atoms in total. The molecule has 0 aliphatic carbocycles. The van der Waals surface area contributed by atoms with Crippen LogP contribution in [0.15, 0.2) is 0 Å². The van der Waals surface area contributed by atoms with E-state index in [1.54, 1.807) is 0 Å². The van der Waals surface area contributed by atoms with E-state index in [1.807, 2.05) is 0 Å². The summed E-state index contributed by atoms with van der Waals surface area (Å²) in [4.78, 5) is 0. The molecule has 0 unspecified atom stereocenters. The van der Waals surface area contributed by atoms with Gasteiger partial charge in [0.15, 0.2) is 0 Å². The minimum atomic E-state index is -2.00. The third kappa shape index (κ3) is 485. The monoisotopic (exact) mass is 240 g/mol. The Hall–Kier alpha value is 0.943. The van der Waals surface area contributed by atoms with Crippen molar-refractivity contribution < 1.29 is 77.2 Å². The van der Waals surface area contributed by atoms with Gasteiger partial charge in [-0.15, -0.1) is 0 Å². The van der Waals surface area contributed by atoms with Crippen molar-refractivity contribution in [1.82, 2.24) is 0 Å². The van der Waals surface area contributed by atoms with Crippen LogP contribution >= 0.6 is 0 Å². The van der Waals surface area contributed by atoms with Gasteiger partial charge in [0, 0.05) is 0 Å². The quantitative estimate of drug-likeness (QED) is 0.517. The van der Waals surface area contributed by atoms with Crippen LogP contribution in [0.4, 0.5) is 0 Å². The summed E-state index contributed by atoms with van der Waals surface area (Å²) in [5, 5.41) is 0. The van der Waals surface area contributed by atoms with E-state index in [4.69, 9.17) is 19.9 Å². The van der Waals surface area contributed by atoms with Gasteiger partial charge >= 0.3 is 77.2 Å². The van der Waals surface area contributed by atoms with Crippen molar-refractivity contribution in [1.29, 1.82) is 0 Å². The Morgan fingerprint density at radius 2 is 0.444 bits per heavy atom. The van der Waals surface area contributed by atoms with Gasteiger partial charge in [0.2, 0.25) is 0 Å². The van der Waals surface area contributed by atoms with E-state index in [1.165, 1.54) is 0 Å². The van der Waals surface area contributed by atoms with Gasteiger partial charge in [-0.3, -0.25) is 0 Å². The SMILES string of the molecule is [O]=[Ti]=[O].[O]=[Ti]=[O].[O]=[Ti]=[O]. The standard InChI is InChI=1S/6O.3Ti. The Kier molecular flexibility index (Phi) is 66.5. The van der Waals surface area contributed by atoms with Crippen LogP contribution in [0.25, 0.3) is 0 Å². The summed E-state index contributed by atoms with van der Waals surface area (Å²) in [6, 6.07) is 0. The van der Waals surface area contributed by atoms with E-state index in [-0.39, 0.29) is 0 Å². The van der Waals surface area contributed by atoms with Crippen LogP contribution in [-0.4, -0.2) is 0 Å². The van der Waals surface area contributed by atoms with E-state index in [2.05, 4.69) is 0 Å². The van der Waals surface area contributed by atoms with Crippen molar-refractivity contribution in [2.45, 2.75) is 0 Å². The van der Waals surface area contributed by atoms with E-state index < -0.39 is 57.3 Å². The maximum atomic E-state index is 8.50. The summed E-state index contributed by atoms with van der Waals surface area (Å²) >= 11 is -6.00. The molecule has 0 amide bonds. The number of hydrogen-bond acceptors (Lipinski definition) is 6. The predicted molar refractivity (Wildman–Crippen MR) is 4.12 cm³/mol. The van der Waals surface area contributed by atoms with E-state index in [0.717, 1.165) is 0 Å². The zero-order valence-corrected chi connectivity index (χ0v) is 8.63. The van der Waals surface area contributed by atoms with E-state index in [9.17, 15) is 0 Å². The molecule has 0 aliphatic heterocycles. The molecule has 0 saturated heterocycles. The summed E-state index contributed by atoms with van der Waals surface area (Å²) in [5.41, 5.74) is 0. The van der Waals surface area contributed by atoms with Gasteiger partial charge in [0.25, 0.3) is 0 Å². The Balaban J connectivity index is -0.0000000600. The molecule has 0 fully saturated rings. The molecule has 0 bridgehead atoms. The van der Waals surface area contributed by atoms with Crippen molar-refractivity contribution in [3.8, 4) is 0 Å². The molecular weight excluding hydrogens is 240 g/mol. The Morgan fingerprint density at radius 1 is 0.444 bits per heavy atom. The molecule has 0 aliphatic rings. The molecule has 0 aromatic heterocycles. The van der Waals surface area contributed by atoms with Gasteiger partial charge in [0.1, 0.15) is 0 Å². The van der Waals surface area contributed by atoms with Crippen molar-refractivity contribution in [3.05, 3.63) is 0 Å². The Morgan fingerprint density at radius 3 is 0.444 bits per heavy atom. The summed E-state index contributed by atoms with van der Waals surface area (Å²) in [5.74, 6) is 0. The molecule has 0 radical (unpaired) electrons. The molecule has 0 heterocycles. The van der Waals surface area contributed by atoms with Crippen LogP contribution < -0.4 is 0 Å². The molecule has 0 spiro atoms. The van der Waals surface area contributed by atoms with Crippen molar-refractivity contribution in [3.63, 3.8) is 0 Å². The van der Waals surface area contributed by atoms with Crippen molar-refractivity contribution >= 4 is 0 Å². The van der Waals surface area contributed by atoms with Gasteiger partial charge < -0.3 is 0 Å². The molecule has 9 heteroatoms. The van der Waals surface area contributed by atoms with Gasteiger partial charge in [-0.25, -0.2) is 0 Å². The first kappa shape index (κ1) is 16.5. The first-order valence-electron chi connectivity index (χ1n) is 1.22. The second-order valence-corrected chi connectivity index (χ2v) is 1.03. The van der Waals surface area contributed by atoms with Gasteiger partial charge in [-0.05, 0) is 0 Å². The zero-order chi connectivity index (χ0) is 8.12. The van der Waals surface area contributed by atoms with Crippen molar-refractivity contribution in [2.24, 2.45) is 0 Å². The summed E-state index contributed by atoms with van der Waals surface area (Å²) in [6.45, 7) is 0. The zero-order valence-electron chi connectivity index (χ0n) is 3.95. The summed E-state index contributed by atoms with van der Waals surface area (Å²) in [6.07, 6.45) is 0. The fourth-order valence-corrected chi connectivity index (χ4v) is 0. The fourth-order valence-electron chi connectivity index (χ4n) is 0. The Bertz CT molecular complexity index is 99.9. The molecule has 48 valence electrons. The minimum absolute atomic E-state index is 2.00. The van der Waals surface area contributed by atoms with Crippen LogP contribution in [-0.2, 0) is 77.2 Å². The third-order valence-corrected chi connectivity index (χ3v) is 0. The molecule has 0 aromatic rings. The van der Waals surface area contributed by atoms with Gasteiger partial charge in [-0.1, -0.05) is 0 Å². The Labute approximate surface area is 76.5 Å². The molecular formula is O6Ti3. The molecule has 0 N–H and O–H groups in total. The molecule has 0 rings (SSSR count). The number of hydrogen-bond donors (Lipinski definition) is 0. The second kappa shape index (κ2) is 36.3. The fraction of sp³-hybridized carbons (Fsp3) is 0. The second-order valence-electron chi connectivity index (χ2n) is 0.250. The van der Waals surface area contributed by atoms with Crippen molar-refractivity contribution in [2.75, 3.05) is 0 Å². The van der Waals surface area contributed by atoms with Gasteiger partial charge in [-0.2, -0.15) is 0 Å². The van der Waals surface area contributed by atoms with Crippen LogP contribution in [0.2, 0.25) is 0 Å². The summed E-state index contributed by atoms with van der Waals surface area (Å²) in [7, 11) is 0. The van der Waals surface area contributed by atoms with E-state index >= 15 is 0 Å². The first-order chi connectivity index (χ1) is 4.24. The molecule has 0 saturated carbocycles. The third-order valence-electron chi connectivity index (χ3n) is 0. The van der Waals surface area contributed by atoms with Crippen LogP contribution in [0, 0.1) is 0 Å². The molecule has 9 heavy (non-hydrogen) atoms. The predicted octanol–water partition coefficient (Wildman–Crippen LogP) is -0.720. The first-order valence-corrected chi connectivity index (χ1v) is 5.05. The maximum absolute atomic E-state index is 8.50. The van der Waals surface area contributed by atoms with E-state index in [0.29, 0.717) is 0 Å². The summed E-state index contributed by atoms with van der Waals surface area (Å²) < 4.78 is 51.0. The van der Waals surface area contributed by atoms with Gasteiger partial charge in [0.05, 0.1) is 0 Å². The van der Waals surface area contributed by atoms with Crippen LogP contribution in [0.1, 0.15) is 0 Å². The van der Waals surface area contributed by atoms with Crippen LogP contribution in [0.5, 0.6) is 0 Å². The number of rotatable bonds is 0. The van der Waals surface area contributed by atoms with Crippen LogP contribution in [0.3, 0.4) is 0 Å².